The quantitative estimate of drug-likeness (QED) is 0.819. The first-order valence-electron chi connectivity index (χ1n) is 4.97. The zero-order valence-electron chi connectivity index (χ0n) is 9.42. The number of aromatic carboxylic acids is 2. The predicted molar refractivity (Wildman–Crippen MR) is 61.4 cm³/mol. The molecule has 2 rings (SSSR count). The van der Waals surface area contributed by atoms with E-state index in [2.05, 4.69) is 9.97 Å². The molecule has 0 aliphatic heterocycles. The molecule has 0 bridgehead atoms. The summed E-state index contributed by atoms with van der Waals surface area (Å²) < 4.78 is 0. The van der Waals surface area contributed by atoms with E-state index in [1.54, 1.807) is 0 Å². The van der Waals surface area contributed by atoms with Gasteiger partial charge in [-0.2, -0.15) is 0 Å². The van der Waals surface area contributed by atoms with E-state index in [1.165, 1.54) is 36.7 Å². The van der Waals surface area contributed by atoms with Crippen LogP contribution in [0.4, 0.5) is 0 Å². The first-order valence-corrected chi connectivity index (χ1v) is 4.97. The van der Waals surface area contributed by atoms with Crippen molar-refractivity contribution < 1.29 is 39.3 Å². The van der Waals surface area contributed by atoms with E-state index in [-0.39, 0.29) is 30.6 Å². The Morgan fingerprint density at radius 1 is 0.842 bits per heavy atom. The van der Waals surface area contributed by atoms with Gasteiger partial charge in [-0.3, -0.25) is 9.97 Å². The van der Waals surface area contributed by atoms with Crippen LogP contribution in [0.1, 0.15) is 20.7 Å². The molecule has 19 heavy (non-hydrogen) atoms. The molecule has 96 valence electrons. The zero-order chi connectivity index (χ0) is 13.1. The van der Waals surface area contributed by atoms with Gasteiger partial charge in [-0.05, 0) is 24.3 Å². The second-order valence-electron chi connectivity index (χ2n) is 3.47. The fourth-order valence-corrected chi connectivity index (χ4v) is 1.41. The number of carboxylic acid groups (broad SMARTS) is 2. The molecule has 6 nitrogen and oxygen atoms in total. The Labute approximate surface area is 120 Å². The molecule has 0 fully saturated rings. The minimum atomic E-state index is -1.08. The molecule has 0 radical (unpaired) electrons. The van der Waals surface area contributed by atoms with Crippen LogP contribution in [0.5, 0.6) is 0 Å². The van der Waals surface area contributed by atoms with Gasteiger partial charge in [0.25, 0.3) is 0 Å². The van der Waals surface area contributed by atoms with Gasteiger partial charge in [0.05, 0.1) is 22.5 Å². The third-order valence-corrected chi connectivity index (χ3v) is 2.28. The number of hydrogen-bond donors (Lipinski definition) is 2. The van der Waals surface area contributed by atoms with Crippen molar-refractivity contribution in [2.75, 3.05) is 0 Å². The van der Waals surface area contributed by atoms with E-state index >= 15 is 0 Å². The minimum Gasteiger partial charge on any atom is -0.478 e. The number of hydrogen-bond acceptors (Lipinski definition) is 4. The first-order chi connectivity index (χ1) is 8.58. The smallest absolute Gasteiger partial charge is 0.478 e. The molecule has 0 aliphatic rings. The van der Waals surface area contributed by atoms with Gasteiger partial charge in [0.2, 0.25) is 0 Å². The van der Waals surface area contributed by atoms with Gasteiger partial charge in [0, 0.05) is 12.4 Å². The SMILES string of the molecule is O=C(O)c1ccnc(-c2cc(C(=O)O)ccn2)c1.[Ru+2]. The molecular formula is C12H8N2O4Ru+2. The first kappa shape index (κ1) is 14.9. The fraction of sp³-hybridized carbons (Fsp3) is 0. The van der Waals surface area contributed by atoms with Crippen LogP contribution in [-0.2, 0) is 19.5 Å². The predicted octanol–water partition coefficient (Wildman–Crippen LogP) is 1.54. The largest absolute Gasteiger partial charge is 2.00 e. The maximum atomic E-state index is 10.8. The molecule has 2 aromatic heterocycles. The van der Waals surface area contributed by atoms with Gasteiger partial charge >= 0.3 is 31.4 Å². The molecule has 2 N–H and O–H groups in total. The third-order valence-electron chi connectivity index (χ3n) is 2.28. The Morgan fingerprint density at radius 2 is 1.21 bits per heavy atom. The van der Waals surface area contributed by atoms with Crippen LogP contribution in [0.3, 0.4) is 0 Å². The zero-order valence-corrected chi connectivity index (χ0v) is 11.2. The monoisotopic (exact) mass is 346 g/mol. The molecule has 0 aromatic carbocycles. The van der Waals surface area contributed by atoms with Crippen molar-refractivity contribution >= 4 is 11.9 Å². The Morgan fingerprint density at radius 3 is 1.53 bits per heavy atom. The van der Waals surface area contributed by atoms with Gasteiger partial charge < -0.3 is 10.2 Å². The van der Waals surface area contributed by atoms with E-state index < -0.39 is 11.9 Å². The Kier molecular flexibility index (Phi) is 4.83. The van der Waals surface area contributed by atoms with Gasteiger partial charge in [-0.1, -0.05) is 0 Å². The second kappa shape index (κ2) is 6.15. The van der Waals surface area contributed by atoms with Crippen molar-refractivity contribution in [1.82, 2.24) is 9.97 Å². The maximum Gasteiger partial charge on any atom is 2.00 e. The van der Waals surface area contributed by atoms with Crippen molar-refractivity contribution in [2.24, 2.45) is 0 Å². The molecule has 0 unspecified atom stereocenters. The summed E-state index contributed by atoms with van der Waals surface area (Å²) in [6.07, 6.45) is 2.68. The molecule has 0 amide bonds. The molecule has 0 atom stereocenters. The Hall–Kier alpha value is -2.14. The van der Waals surface area contributed by atoms with Crippen LogP contribution in [0.2, 0.25) is 0 Å². The van der Waals surface area contributed by atoms with E-state index in [4.69, 9.17) is 10.2 Å². The third kappa shape index (κ3) is 3.42. The van der Waals surface area contributed by atoms with Crippen LogP contribution in [0.15, 0.2) is 36.7 Å². The van der Waals surface area contributed by atoms with Crippen molar-refractivity contribution in [1.29, 1.82) is 0 Å². The number of carbonyl (C=O) groups is 2. The standard InChI is InChI=1S/C12H8N2O4.Ru/c15-11(16)7-1-3-13-9(5-7)10-6-8(12(17)18)2-4-14-10;/h1-6H,(H,15,16)(H,17,18);/q;+2. The van der Waals surface area contributed by atoms with Crippen molar-refractivity contribution in [2.45, 2.75) is 0 Å². The number of nitrogens with zero attached hydrogens (tertiary/aromatic N) is 2. The van der Waals surface area contributed by atoms with Gasteiger partial charge in [-0.15, -0.1) is 0 Å². The number of pyridine rings is 2. The fourth-order valence-electron chi connectivity index (χ4n) is 1.41. The molecule has 0 spiro atoms. The van der Waals surface area contributed by atoms with Crippen LogP contribution in [0, 0.1) is 0 Å². The summed E-state index contributed by atoms with van der Waals surface area (Å²) in [5.41, 5.74) is 0.779. The van der Waals surface area contributed by atoms with E-state index in [1.807, 2.05) is 0 Å². The summed E-state index contributed by atoms with van der Waals surface area (Å²) in [7, 11) is 0. The van der Waals surface area contributed by atoms with E-state index in [0.717, 1.165) is 0 Å². The number of rotatable bonds is 3. The Balaban J connectivity index is 0.00000180. The van der Waals surface area contributed by atoms with Gasteiger partial charge in [0.15, 0.2) is 0 Å². The average molecular weight is 345 g/mol. The van der Waals surface area contributed by atoms with E-state index in [9.17, 15) is 9.59 Å². The van der Waals surface area contributed by atoms with Crippen LogP contribution in [-0.4, -0.2) is 32.1 Å². The summed E-state index contributed by atoms with van der Waals surface area (Å²) in [5.74, 6) is -2.15. The summed E-state index contributed by atoms with van der Waals surface area (Å²) in [5, 5.41) is 17.7. The van der Waals surface area contributed by atoms with Crippen molar-refractivity contribution in [3.63, 3.8) is 0 Å². The van der Waals surface area contributed by atoms with Crippen LogP contribution in [0.25, 0.3) is 11.4 Å². The summed E-state index contributed by atoms with van der Waals surface area (Å²) in [4.78, 5) is 29.6. The van der Waals surface area contributed by atoms with Crippen LogP contribution >= 0.6 is 0 Å². The van der Waals surface area contributed by atoms with Crippen molar-refractivity contribution in [3.8, 4) is 11.4 Å². The Bertz CT molecular complexity index is 575. The minimum absolute atomic E-state index is 0. The molecule has 0 saturated heterocycles. The van der Waals surface area contributed by atoms with Crippen LogP contribution < -0.4 is 0 Å². The van der Waals surface area contributed by atoms with Crippen molar-refractivity contribution in [3.05, 3.63) is 47.8 Å². The normalized spacial score (nSPS) is 9.47. The van der Waals surface area contributed by atoms with Gasteiger partial charge in [0.1, 0.15) is 0 Å². The molecular weight excluding hydrogens is 337 g/mol. The van der Waals surface area contributed by atoms with E-state index in [0.29, 0.717) is 11.4 Å². The molecule has 0 aliphatic carbocycles. The molecule has 2 aromatic rings. The summed E-state index contributed by atoms with van der Waals surface area (Å²) >= 11 is 0. The average Bonchev–Trinajstić information content (AvgIpc) is 2.39. The molecule has 2 heterocycles. The molecule has 0 saturated carbocycles. The number of aromatic nitrogens is 2. The summed E-state index contributed by atoms with van der Waals surface area (Å²) in [6, 6.07) is 5.40. The topological polar surface area (TPSA) is 100 Å². The maximum absolute atomic E-state index is 10.8. The summed E-state index contributed by atoms with van der Waals surface area (Å²) in [6.45, 7) is 0. The molecule has 7 heteroatoms. The van der Waals surface area contributed by atoms with Gasteiger partial charge in [-0.25, -0.2) is 9.59 Å². The second-order valence-corrected chi connectivity index (χ2v) is 3.47. The number of carboxylic acids is 2.